The number of hydrogen-bond donors (Lipinski definition) is 1. The third-order valence-electron chi connectivity index (χ3n) is 1.68. The molecule has 0 spiro atoms. The Morgan fingerprint density at radius 1 is 1.12 bits per heavy atom. The summed E-state index contributed by atoms with van der Waals surface area (Å²) in [6.45, 7) is 0. The van der Waals surface area contributed by atoms with Gasteiger partial charge < -0.3 is 4.98 Å². The summed E-state index contributed by atoms with van der Waals surface area (Å²) in [6, 6.07) is -0.0261. The number of pyridine rings is 1. The first-order valence-electron chi connectivity index (χ1n) is 3.78. The molecule has 1 rings (SSSR count). The van der Waals surface area contributed by atoms with Crippen molar-refractivity contribution in [3.63, 3.8) is 0 Å². The fraction of sp³-hybridized carbons (Fsp3) is 0.167. The average molecular weight is 253 g/mol. The van der Waals surface area contributed by atoms with Gasteiger partial charge in [-0.05, 0) is 0 Å². The van der Waals surface area contributed by atoms with Gasteiger partial charge in [0.1, 0.15) is 6.07 Å². The molecule has 0 fully saturated rings. The summed E-state index contributed by atoms with van der Waals surface area (Å²) in [5.41, 5.74) is -6.50. The van der Waals surface area contributed by atoms with Crippen molar-refractivity contribution in [2.45, 2.75) is 6.18 Å². The maximum Gasteiger partial charge on any atom is 0.438 e. The Bertz CT molecular complexity index is 549. The number of aromatic amines is 1. The fourth-order valence-electron chi connectivity index (χ4n) is 1.00. The van der Waals surface area contributed by atoms with Crippen LogP contribution in [0.1, 0.15) is 5.69 Å². The van der Waals surface area contributed by atoms with E-state index >= 15 is 0 Å². The molecule has 0 atom stereocenters. The first kappa shape index (κ1) is 12.6. The molecule has 0 saturated heterocycles. The number of nitrogens with one attached hydrogen (secondary N) is 1. The summed E-state index contributed by atoms with van der Waals surface area (Å²) < 4.78 is 36.8. The van der Waals surface area contributed by atoms with E-state index in [1.807, 2.05) is 0 Å². The van der Waals surface area contributed by atoms with Gasteiger partial charge >= 0.3 is 23.1 Å². The van der Waals surface area contributed by atoms with E-state index < -0.39 is 38.7 Å². The molecule has 1 aromatic heterocycles. The normalized spacial score (nSPS) is 11.2. The molecule has 0 radical (unpaired) electrons. The van der Waals surface area contributed by atoms with E-state index in [0.717, 1.165) is 4.98 Å². The van der Waals surface area contributed by atoms with Gasteiger partial charge in [0, 0.05) is 0 Å². The van der Waals surface area contributed by atoms with Gasteiger partial charge in [0.25, 0.3) is 0 Å². The molecule has 0 aromatic carbocycles. The molecular formula is C6H2F3N3O5. The van der Waals surface area contributed by atoms with Crippen LogP contribution in [0.2, 0.25) is 0 Å². The summed E-state index contributed by atoms with van der Waals surface area (Å²) in [5.74, 6) is 0. The van der Waals surface area contributed by atoms with Crippen molar-refractivity contribution >= 4 is 11.4 Å². The number of H-pyrrole nitrogens is 1. The lowest BCUT2D eigenvalue weighted by Crippen LogP contribution is -2.20. The number of alkyl halides is 3. The van der Waals surface area contributed by atoms with Crippen LogP contribution in [0.4, 0.5) is 24.5 Å². The lowest BCUT2D eigenvalue weighted by atomic mass is 10.2. The standard InChI is InChI=1S/C6H2F3N3O5/c7-6(8,9)4-2(11(14)15)1-3(12(16)17)5(13)10-4/h1H,(H,10,13). The van der Waals surface area contributed by atoms with Crippen LogP contribution in [0.15, 0.2) is 10.9 Å². The number of rotatable bonds is 2. The predicted molar refractivity (Wildman–Crippen MR) is 45.4 cm³/mol. The van der Waals surface area contributed by atoms with Gasteiger partial charge in [0.15, 0.2) is 0 Å². The summed E-state index contributed by atoms with van der Waals surface area (Å²) in [4.78, 5) is 29.7. The monoisotopic (exact) mass is 253 g/mol. The smallest absolute Gasteiger partial charge is 0.307 e. The second-order valence-corrected chi connectivity index (χ2v) is 2.76. The van der Waals surface area contributed by atoms with E-state index in [1.165, 1.54) is 0 Å². The van der Waals surface area contributed by atoms with Crippen LogP contribution in [0.25, 0.3) is 0 Å². The Balaban J connectivity index is 3.65. The minimum Gasteiger partial charge on any atom is -0.307 e. The molecule has 0 aliphatic heterocycles. The van der Waals surface area contributed by atoms with Crippen molar-refractivity contribution < 1.29 is 23.0 Å². The van der Waals surface area contributed by atoms with E-state index in [0.29, 0.717) is 0 Å². The maximum absolute atomic E-state index is 12.3. The molecule has 0 saturated carbocycles. The molecule has 11 heteroatoms. The van der Waals surface area contributed by atoms with Crippen molar-refractivity contribution in [3.8, 4) is 0 Å². The van der Waals surface area contributed by atoms with Crippen molar-refractivity contribution in [2.24, 2.45) is 0 Å². The zero-order valence-electron chi connectivity index (χ0n) is 7.65. The van der Waals surface area contributed by atoms with Gasteiger partial charge in [-0.1, -0.05) is 0 Å². The van der Waals surface area contributed by atoms with E-state index in [1.54, 1.807) is 0 Å². The Morgan fingerprint density at radius 2 is 1.59 bits per heavy atom. The molecule has 0 aliphatic carbocycles. The minimum atomic E-state index is -5.18. The zero-order valence-corrected chi connectivity index (χ0v) is 7.65. The van der Waals surface area contributed by atoms with Gasteiger partial charge in [-0.3, -0.25) is 25.0 Å². The highest BCUT2D eigenvalue weighted by Gasteiger charge is 2.41. The maximum atomic E-state index is 12.3. The lowest BCUT2D eigenvalue weighted by Gasteiger charge is -2.05. The highest BCUT2D eigenvalue weighted by Crippen LogP contribution is 2.34. The molecule has 1 N–H and O–H groups in total. The first-order valence-corrected chi connectivity index (χ1v) is 3.78. The molecule has 0 amide bonds. The Hall–Kier alpha value is -2.46. The van der Waals surface area contributed by atoms with E-state index in [4.69, 9.17) is 0 Å². The van der Waals surface area contributed by atoms with E-state index in [2.05, 4.69) is 0 Å². The second kappa shape index (κ2) is 3.84. The topological polar surface area (TPSA) is 119 Å². The van der Waals surface area contributed by atoms with Crippen LogP contribution in [0.3, 0.4) is 0 Å². The highest BCUT2D eigenvalue weighted by atomic mass is 19.4. The summed E-state index contributed by atoms with van der Waals surface area (Å²) >= 11 is 0. The van der Waals surface area contributed by atoms with Crippen molar-refractivity contribution in [1.29, 1.82) is 0 Å². The molecule has 1 heterocycles. The Morgan fingerprint density at radius 3 is 1.94 bits per heavy atom. The zero-order chi connectivity index (χ0) is 13.4. The Kier molecular flexibility index (Phi) is 2.85. The minimum absolute atomic E-state index is 0.0261. The van der Waals surface area contributed by atoms with Gasteiger partial charge in [0.2, 0.25) is 5.69 Å². The third kappa shape index (κ3) is 2.38. The quantitative estimate of drug-likeness (QED) is 0.627. The number of nitrogens with zero attached hydrogens (tertiary/aromatic N) is 2. The molecule has 92 valence electrons. The molecule has 1 aromatic rings. The van der Waals surface area contributed by atoms with Crippen LogP contribution in [0, 0.1) is 20.2 Å². The van der Waals surface area contributed by atoms with Crippen molar-refractivity contribution in [3.05, 3.63) is 42.3 Å². The fourth-order valence-corrected chi connectivity index (χ4v) is 1.00. The molecular weight excluding hydrogens is 251 g/mol. The van der Waals surface area contributed by atoms with Crippen LogP contribution in [0.5, 0.6) is 0 Å². The van der Waals surface area contributed by atoms with Crippen molar-refractivity contribution in [2.75, 3.05) is 0 Å². The molecule has 0 bridgehead atoms. The molecule has 0 unspecified atom stereocenters. The van der Waals surface area contributed by atoms with E-state index in [9.17, 15) is 38.2 Å². The van der Waals surface area contributed by atoms with Crippen molar-refractivity contribution in [1.82, 2.24) is 4.98 Å². The number of hydrogen-bond acceptors (Lipinski definition) is 5. The highest BCUT2D eigenvalue weighted by molar-refractivity contribution is 5.45. The van der Waals surface area contributed by atoms with E-state index in [-0.39, 0.29) is 6.07 Å². The van der Waals surface area contributed by atoms with Crippen LogP contribution < -0.4 is 5.56 Å². The molecule has 0 aliphatic rings. The summed E-state index contributed by atoms with van der Waals surface area (Å²) in [7, 11) is 0. The molecule has 8 nitrogen and oxygen atoms in total. The number of nitro groups is 2. The predicted octanol–water partition coefficient (Wildman–Crippen LogP) is 1.21. The van der Waals surface area contributed by atoms with Crippen LogP contribution in [-0.2, 0) is 6.18 Å². The summed E-state index contributed by atoms with van der Waals surface area (Å²) in [6.07, 6.45) is -5.18. The largest absolute Gasteiger partial charge is 0.438 e. The molecule has 17 heavy (non-hydrogen) atoms. The van der Waals surface area contributed by atoms with Gasteiger partial charge in [-0.25, -0.2) is 0 Å². The average Bonchev–Trinajstić information content (AvgIpc) is 2.14. The SMILES string of the molecule is O=c1[nH]c(C(F)(F)F)c([N+](=O)[O-])cc1[N+](=O)[O-]. The Labute approximate surface area is 89.0 Å². The van der Waals surface area contributed by atoms with Gasteiger partial charge in [-0.15, -0.1) is 0 Å². The first-order chi connectivity index (χ1) is 7.64. The summed E-state index contributed by atoms with van der Waals surface area (Å²) in [5, 5.41) is 20.6. The number of aromatic nitrogens is 1. The second-order valence-electron chi connectivity index (χ2n) is 2.76. The third-order valence-corrected chi connectivity index (χ3v) is 1.68. The lowest BCUT2D eigenvalue weighted by molar-refractivity contribution is -0.397. The van der Waals surface area contributed by atoms with Crippen LogP contribution >= 0.6 is 0 Å². The van der Waals surface area contributed by atoms with Crippen LogP contribution in [-0.4, -0.2) is 14.8 Å². The van der Waals surface area contributed by atoms with Gasteiger partial charge in [0.05, 0.1) is 9.85 Å². The van der Waals surface area contributed by atoms with Gasteiger partial charge in [-0.2, -0.15) is 13.2 Å². The number of halogens is 3.